The number of thiophene rings is 1. The van der Waals surface area contributed by atoms with Crippen molar-refractivity contribution in [3.8, 4) is 16.9 Å². The summed E-state index contributed by atoms with van der Waals surface area (Å²) >= 11 is 20.1. The predicted molar refractivity (Wildman–Crippen MR) is 104 cm³/mol. The van der Waals surface area contributed by atoms with E-state index in [0.29, 0.717) is 22.4 Å². The lowest BCUT2D eigenvalue weighted by atomic mass is 10.0. The van der Waals surface area contributed by atoms with E-state index in [4.69, 9.17) is 44.3 Å². The Kier molecular flexibility index (Phi) is 5.74. The summed E-state index contributed by atoms with van der Waals surface area (Å²) in [7, 11) is 0. The number of carbonyl (C=O) groups excluding carboxylic acids is 1. The Morgan fingerprint density at radius 3 is 2.52 bits per heavy atom. The molecule has 0 aliphatic carbocycles. The molecule has 0 saturated carbocycles. The van der Waals surface area contributed by atoms with Crippen LogP contribution < -0.4 is 4.74 Å². The summed E-state index contributed by atoms with van der Waals surface area (Å²) in [6.07, 6.45) is 0. The van der Waals surface area contributed by atoms with Gasteiger partial charge >= 0.3 is 5.97 Å². The van der Waals surface area contributed by atoms with Gasteiger partial charge in [0.25, 0.3) is 0 Å². The number of benzene rings is 2. The van der Waals surface area contributed by atoms with Crippen LogP contribution in [0.25, 0.3) is 21.2 Å². The maximum Gasteiger partial charge on any atom is 0.344 e. The molecule has 0 saturated heterocycles. The van der Waals surface area contributed by atoms with E-state index >= 15 is 0 Å². The molecule has 3 rings (SSSR count). The second-order valence-corrected chi connectivity index (χ2v) is 7.20. The van der Waals surface area contributed by atoms with E-state index in [-0.39, 0.29) is 11.6 Å². The molecule has 1 aromatic heterocycles. The number of hydrogen-bond donors (Lipinski definition) is 0. The molecule has 1 heterocycles. The zero-order valence-corrected chi connectivity index (χ0v) is 16.2. The van der Waals surface area contributed by atoms with Gasteiger partial charge in [0.05, 0.1) is 16.3 Å². The minimum absolute atomic E-state index is 0.226. The molecule has 0 unspecified atom stereocenters. The molecule has 0 aliphatic heterocycles. The van der Waals surface area contributed by atoms with Crippen molar-refractivity contribution in [2.45, 2.75) is 6.92 Å². The average molecular weight is 416 g/mol. The van der Waals surface area contributed by atoms with Gasteiger partial charge in [-0.25, -0.2) is 4.79 Å². The number of fused-ring (bicyclic) bond motifs is 1. The van der Waals surface area contributed by atoms with E-state index in [1.807, 2.05) is 29.6 Å². The summed E-state index contributed by atoms with van der Waals surface area (Å²) in [4.78, 5) is 11.5. The third-order valence-corrected chi connectivity index (χ3v) is 5.75. The number of carbonyl (C=O) groups is 1. The Balaban J connectivity index is 2.01. The fraction of sp³-hybridized carbons (Fsp3) is 0.167. The van der Waals surface area contributed by atoms with Gasteiger partial charge in [0.15, 0.2) is 6.61 Å². The first kappa shape index (κ1) is 18.3. The summed E-state index contributed by atoms with van der Waals surface area (Å²) in [5.74, 6) is -0.112. The largest absolute Gasteiger partial charge is 0.480 e. The normalized spacial score (nSPS) is 10.9. The maximum absolute atomic E-state index is 11.5. The van der Waals surface area contributed by atoms with Crippen molar-refractivity contribution in [2.24, 2.45) is 0 Å². The Morgan fingerprint density at radius 1 is 1.12 bits per heavy atom. The molecule has 0 aliphatic rings. The lowest BCUT2D eigenvalue weighted by Crippen LogP contribution is -2.14. The Morgan fingerprint density at radius 2 is 1.84 bits per heavy atom. The molecule has 0 atom stereocenters. The van der Waals surface area contributed by atoms with Gasteiger partial charge in [-0.05, 0) is 36.1 Å². The van der Waals surface area contributed by atoms with Gasteiger partial charge in [-0.3, -0.25) is 0 Å². The summed E-state index contributed by atoms with van der Waals surface area (Å²) in [5, 5.41) is 4.26. The van der Waals surface area contributed by atoms with Gasteiger partial charge in [-0.1, -0.05) is 46.9 Å². The number of rotatable bonds is 5. The molecule has 7 heteroatoms. The molecule has 2 aromatic carbocycles. The molecular formula is C18H13Cl3O3S. The minimum Gasteiger partial charge on any atom is -0.480 e. The summed E-state index contributed by atoms with van der Waals surface area (Å²) in [6, 6.07) is 9.33. The average Bonchev–Trinajstić information content (AvgIpc) is 3.02. The van der Waals surface area contributed by atoms with Crippen LogP contribution in [0, 0.1) is 0 Å². The van der Waals surface area contributed by atoms with Crippen molar-refractivity contribution in [1.82, 2.24) is 0 Å². The summed E-state index contributed by atoms with van der Waals surface area (Å²) < 4.78 is 11.2. The van der Waals surface area contributed by atoms with Gasteiger partial charge in [0, 0.05) is 16.0 Å². The van der Waals surface area contributed by atoms with E-state index in [1.54, 1.807) is 13.0 Å². The van der Waals surface area contributed by atoms with Crippen LogP contribution in [0.4, 0.5) is 0 Å². The predicted octanol–water partition coefficient (Wildman–Crippen LogP) is 6.47. The van der Waals surface area contributed by atoms with Gasteiger partial charge in [0.2, 0.25) is 0 Å². The fourth-order valence-corrected chi connectivity index (χ4v) is 4.09. The molecule has 0 bridgehead atoms. The van der Waals surface area contributed by atoms with Crippen LogP contribution in [-0.4, -0.2) is 19.2 Å². The third kappa shape index (κ3) is 3.87. The van der Waals surface area contributed by atoms with Crippen LogP contribution in [0.15, 0.2) is 35.7 Å². The zero-order valence-electron chi connectivity index (χ0n) is 13.1. The van der Waals surface area contributed by atoms with Crippen molar-refractivity contribution in [2.75, 3.05) is 13.2 Å². The SMILES string of the molecule is CCOC(=O)COc1cc2c(-c3ccc(Cl)cc3)csc2c(Cl)c1Cl. The zero-order chi connectivity index (χ0) is 18.0. The van der Waals surface area contributed by atoms with Crippen LogP contribution >= 0.6 is 46.1 Å². The molecule has 0 fully saturated rings. The smallest absolute Gasteiger partial charge is 0.344 e. The van der Waals surface area contributed by atoms with Gasteiger partial charge < -0.3 is 9.47 Å². The molecule has 3 nitrogen and oxygen atoms in total. The van der Waals surface area contributed by atoms with Crippen LogP contribution in [0.5, 0.6) is 5.75 Å². The lowest BCUT2D eigenvalue weighted by molar-refractivity contribution is -0.145. The third-order valence-electron chi connectivity index (χ3n) is 3.52. The molecule has 130 valence electrons. The van der Waals surface area contributed by atoms with Crippen molar-refractivity contribution in [1.29, 1.82) is 0 Å². The highest BCUT2D eigenvalue weighted by Crippen LogP contribution is 2.45. The molecule has 3 aromatic rings. The number of ether oxygens (including phenoxy) is 2. The Labute approximate surface area is 164 Å². The molecule has 0 N–H and O–H groups in total. The minimum atomic E-state index is -0.460. The van der Waals surface area contributed by atoms with E-state index in [2.05, 4.69) is 0 Å². The summed E-state index contributed by atoms with van der Waals surface area (Å²) in [6.45, 7) is 1.80. The first-order chi connectivity index (χ1) is 12.0. The molecule has 0 amide bonds. The van der Waals surface area contributed by atoms with Crippen LogP contribution in [0.1, 0.15) is 6.92 Å². The summed E-state index contributed by atoms with van der Waals surface area (Å²) in [5.41, 5.74) is 2.00. The highest BCUT2D eigenvalue weighted by atomic mass is 35.5. The number of hydrogen-bond acceptors (Lipinski definition) is 4. The second-order valence-electron chi connectivity index (χ2n) is 5.13. The first-order valence-corrected chi connectivity index (χ1v) is 9.46. The van der Waals surface area contributed by atoms with E-state index < -0.39 is 5.97 Å². The lowest BCUT2D eigenvalue weighted by Gasteiger charge is -2.10. The topological polar surface area (TPSA) is 35.5 Å². The quantitative estimate of drug-likeness (QED) is 0.448. The van der Waals surface area contributed by atoms with Gasteiger partial charge in [0.1, 0.15) is 10.8 Å². The first-order valence-electron chi connectivity index (χ1n) is 7.44. The van der Waals surface area contributed by atoms with Crippen LogP contribution in [0.3, 0.4) is 0 Å². The maximum atomic E-state index is 11.5. The molecule has 25 heavy (non-hydrogen) atoms. The van der Waals surface area contributed by atoms with Crippen molar-refractivity contribution in [3.05, 3.63) is 50.8 Å². The second kappa shape index (κ2) is 7.83. The number of halogens is 3. The molecule has 0 radical (unpaired) electrons. The van der Waals surface area contributed by atoms with E-state index in [9.17, 15) is 4.79 Å². The van der Waals surface area contributed by atoms with Crippen molar-refractivity contribution < 1.29 is 14.3 Å². The van der Waals surface area contributed by atoms with Gasteiger partial charge in [-0.15, -0.1) is 11.3 Å². The van der Waals surface area contributed by atoms with Crippen molar-refractivity contribution >= 4 is 62.2 Å². The van der Waals surface area contributed by atoms with Crippen LogP contribution in [0.2, 0.25) is 15.1 Å². The highest BCUT2D eigenvalue weighted by molar-refractivity contribution is 7.18. The Hall–Kier alpha value is -1.46. The number of esters is 1. The monoisotopic (exact) mass is 414 g/mol. The molecular weight excluding hydrogens is 403 g/mol. The Bertz CT molecular complexity index is 919. The van der Waals surface area contributed by atoms with Gasteiger partial charge in [-0.2, -0.15) is 0 Å². The van der Waals surface area contributed by atoms with E-state index in [1.165, 1.54) is 11.3 Å². The fourth-order valence-electron chi connectivity index (χ4n) is 2.38. The standard InChI is InChI=1S/C18H13Cl3O3S/c1-2-23-15(22)8-24-14-7-12-13(10-3-5-11(19)6-4-10)9-25-18(12)17(21)16(14)20/h3-7,9H,2,8H2,1H3. The van der Waals surface area contributed by atoms with Crippen molar-refractivity contribution in [3.63, 3.8) is 0 Å². The van der Waals surface area contributed by atoms with E-state index in [0.717, 1.165) is 21.2 Å². The highest BCUT2D eigenvalue weighted by Gasteiger charge is 2.17. The van der Waals surface area contributed by atoms with Crippen LogP contribution in [-0.2, 0) is 9.53 Å². The molecule has 0 spiro atoms.